The van der Waals surface area contributed by atoms with Gasteiger partial charge in [-0.2, -0.15) is 0 Å². The molecule has 2 saturated heterocycles. The molecule has 2 aliphatic rings. The van der Waals surface area contributed by atoms with Gasteiger partial charge in [-0.15, -0.1) is 0 Å². The molecule has 2 fully saturated rings. The zero-order valence-corrected chi connectivity index (χ0v) is 17.9. The second kappa shape index (κ2) is 8.51. The van der Waals surface area contributed by atoms with Crippen molar-refractivity contribution in [1.29, 1.82) is 0 Å². The first-order valence-electron chi connectivity index (χ1n) is 10.4. The number of ketones is 1. The summed E-state index contributed by atoms with van der Waals surface area (Å²) in [5, 5.41) is 11.3. The van der Waals surface area contributed by atoms with E-state index >= 15 is 0 Å². The average Bonchev–Trinajstić information content (AvgIpc) is 3.36. The lowest BCUT2D eigenvalue weighted by atomic mass is 9.95. The summed E-state index contributed by atoms with van der Waals surface area (Å²) in [4.78, 5) is 32.0. The molecular weight excluding hydrogens is 396 g/mol. The standard InChI is InChI=1S/C24H26N2O5/c1-14-11-15(2)23(30-3)17(12-14)21(27)19-20(18-8-4-5-9-25-18)26(24(29)22(19)28)13-16-7-6-10-31-16/h4-5,8-9,11-12,16,20,27H,6-7,10,13H2,1-3H3/b21-19+. The number of Topliss-reactive ketones (excluding diaryl/α,β-unsaturated/α-hetero) is 1. The molecule has 31 heavy (non-hydrogen) atoms. The van der Waals surface area contributed by atoms with E-state index in [1.807, 2.05) is 19.9 Å². The van der Waals surface area contributed by atoms with Crippen LogP contribution in [0.4, 0.5) is 0 Å². The number of likely N-dealkylation sites (tertiary alicyclic amines) is 1. The minimum atomic E-state index is -0.795. The summed E-state index contributed by atoms with van der Waals surface area (Å²) in [6, 6.07) is 8.21. The van der Waals surface area contributed by atoms with Gasteiger partial charge in [-0.05, 0) is 56.0 Å². The molecule has 2 aliphatic heterocycles. The van der Waals surface area contributed by atoms with E-state index < -0.39 is 17.7 Å². The van der Waals surface area contributed by atoms with Crippen LogP contribution in [0.1, 0.15) is 41.3 Å². The molecule has 1 aromatic heterocycles. The van der Waals surface area contributed by atoms with E-state index in [0.29, 0.717) is 23.6 Å². The monoisotopic (exact) mass is 422 g/mol. The van der Waals surface area contributed by atoms with Gasteiger partial charge in [0, 0.05) is 19.3 Å². The van der Waals surface area contributed by atoms with Gasteiger partial charge in [-0.1, -0.05) is 12.1 Å². The number of amides is 1. The Balaban J connectivity index is 1.88. The van der Waals surface area contributed by atoms with Gasteiger partial charge in [0.1, 0.15) is 17.6 Å². The van der Waals surface area contributed by atoms with Crippen LogP contribution >= 0.6 is 0 Å². The van der Waals surface area contributed by atoms with Crippen LogP contribution in [0.25, 0.3) is 5.76 Å². The molecule has 2 unspecified atom stereocenters. The van der Waals surface area contributed by atoms with Crippen LogP contribution < -0.4 is 4.74 Å². The number of aliphatic hydroxyl groups is 1. The van der Waals surface area contributed by atoms with Gasteiger partial charge in [-0.25, -0.2) is 0 Å². The molecule has 3 heterocycles. The summed E-state index contributed by atoms with van der Waals surface area (Å²) in [7, 11) is 1.51. The number of hydrogen-bond donors (Lipinski definition) is 1. The number of benzene rings is 1. The number of carbonyl (C=O) groups is 2. The van der Waals surface area contributed by atoms with Crippen molar-refractivity contribution < 1.29 is 24.2 Å². The summed E-state index contributed by atoms with van der Waals surface area (Å²) >= 11 is 0. The van der Waals surface area contributed by atoms with Crippen molar-refractivity contribution in [3.63, 3.8) is 0 Å². The van der Waals surface area contributed by atoms with Crippen molar-refractivity contribution >= 4 is 17.4 Å². The molecule has 7 nitrogen and oxygen atoms in total. The highest BCUT2D eigenvalue weighted by atomic mass is 16.5. The van der Waals surface area contributed by atoms with Crippen LogP contribution in [0, 0.1) is 13.8 Å². The molecule has 1 N–H and O–H groups in total. The van der Waals surface area contributed by atoms with E-state index in [-0.39, 0.29) is 24.0 Å². The maximum Gasteiger partial charge on any atom is 0.295 e. The minimum Gasteiger partial charge on any atom is -0.507 e. The fourth-order valence-corrected chi connectivity index (χ4v) is 4.47. The van der Waals surface area contributed by atoms with Gasteiger partial charge in [-0.3, -0.25) is 14.6 Å². The Morgan fingerprint density at radius 2 is 2.10 bits per heavy atom. The Kier molecular flexibility index (Phi) is 5.78. The number of rotatable bonds is 5. The van der Waals surface area contributed by atoms with Gasteiger partial charge in [0.2, 0.25) is 0 Å². The summed E-state index contributed by atoms with van der Waals surface area (Å²) in [6.45, 7) is 4.68. The molecule has 4 rings (SSSR count). The van der Waals surface area contributed by atoms with E-state index in [2.05, 4.69) is 4.98 Å². The average molecular weight is 422 g/mol. The quantitative estimate of drug-likeness (QED) is 0.452. The molecule has 0 saturated carbocycles. The largest absolute Gasteiger partial charge is 0.507 e. The van der Waals surface area contributed by atoms with Crippen molar-refractivity contribution in [2.45, 2.75) is 38.8 Å². The predicted molar refractivity (Wildman–Crippen MR) is 115 cm³/mol. The van der Waals surface area contributed by atoms with E-state index in [0.717, 1.165) is 24.0 Å². The van der Waals surface area contributed by atoms with Gasteiger partial charge in [0.15, 0.2) is 0 Å². The van der Waals surface area contributed by atoms with Crippen LogP contribution in [0.5, 0.6) is 5.75 Å². The lowest BCUT2D eigenvalue weighted by Crippen LogP contribution is -2.36. The second-order valence-electron chi connectivity index (χ2n) is 8.00. The molecule has 2 aromatic rings. The maximum atomic E-state index is 13.1. The molecule has 7 heteroatoms. The Morgan fingerprint density at radius 1 is 1.29 bits per heavy atom. The molecule has 162 valence electrons. The van der Waals surface area contributed by atoms with Crippen molar-refractivity contribution in [3.05, 3.63) is 64.5 Å². The van der Waals surface area contributed by atoms with E-state index in [1.165, 1.54) is 12.0 Å². The Labute approximate surface area is 181 Å². The summed E-state index contributed by atoms with van der Waals surface area (Å²) < 4.78 is 11.2. The molecule has 0 bridgehead atoms. The van der Waals surface area contributed by atoms with Gasteiger partial charge >= 0.3 is 0 Å². The van der Waals surface area contributed by atoms with E-state index in [4.69, 9.17) is 9.47 Å². The third-order valence-electron chi connectivity index (χ3n) is 5.81. The van der Waals surface area contributed by atoms with Crippen LogP contribution in [0.15, 0.2) is 42.1 Å². The molecule has 1 aromatic carbocycles. The molecule has 0 spiro atoms. The van der Waals surface area contributed by atoms with Crippen LogP contribution in [-0.2, 0) is 14.3 Å². The SMILES string of the molecule is COc1c(C)cc(C)cc1/C(O)=C1\C(=O)C(=O)N(CC2CCCO2)C1c1ccccn1. The minimum absolute atomic E-state index is 0.0185. The first kappa shape index (κ1) is 21.1. The summed E-state index contributed by atoms with van der Waals surface area (Å²) in [6.07, 6.45) is 3.21. The van der Waals surface area contributed by atoms with Gasteiger partial charge < -0.3 is 19.5 Å². The number of hydrogen-bond acceptors (Lipinski definition) is 6. The third-order valence-corrected chi connectivity index (χ3v) is 5.81. The number of carbonyl (C=O) groups excluding carboxylic acids is 2. The van der Waals surface area contributed by atoms with Crippen molar-refractivity contribution in [1.82, 2.24) is 9.88 Å². The number of ether oxygens (including phenoxy) is 2. The predicted octanol–water partition coefficient (Wildman–Crippen LogP) is 3.31. The Hall–Kier alpha value is -3.19. The molecule has 0 aliphatic carbocycles. The fourth-order valence-electron chi connectivity index (χ4n) is 4.47. The van der Waals surface area contributed by atoms with Crippen LogP contribution in [0.2, 0.25) is 0 Å². The number of aliphatic hydroxyl groups excluding tert-OH is 1. The van der Waals surface area contributed by atoms with Crippen molar-refractivity contribution in [2.75, 3.05) is 20.3 Å². The highest BCUT2D eigenvalue weighted by molar-refractivity contribution is 6.46. The smallest absolute Gasteiger partial charge is 0.295 e. The van der Waals surface area contributed by atoms with Gasteiger partial charge in [0.25, 0.3) is 11.7 Å². The zero-order chi connectivity index (χ0) is 22.1. The molecular formula is C24H26N2O5. The third kappa shape index (κ3) is 3.81. The first-order chi connectivity index (χ1) is 14.9. The van der Waals surface area contributed by atoms with Gasteiger partial charge in [0.05, 0.1) is 30.0 Å². The normalized spacial score (nSPS) is 22.9. The first-order valence-corrected chi connectivity index (χ1v) is 10.4. The highest BCUT2D eigenvalue weighted by Crippen LogP contribution is 2.41. The number of aromatic nitrogens is 1. The van der Waals surface area contributed by atoms with Crippen LogP contribution in [-0.4, -0.2) is 53.0 Å². The lowest BCUT2D eigenvalue weighted by Gasteiger charge is -2.26. The number of aryl methyl sites for hydroxylation is 2. The lowest BCUT2D eigenvalue weighted by molar-refractivity contribution is -0.140. The number of pyridine rings is 1. The number of nitrogens with zero attached hydrogens (tertiary/aromatic N) is 2. The molecule has 2 atom stereocenters. The fraction of sp³-hybridized carbons (Fsp3) is 0.375. The van der Waals surface area contributed by atoms with E-state index in [1.54, 1.807) is 30.5 Å². The summed E-state index contributed by atoms with van der Waals surface area (Å²) in [5.41, 5.74) is 2.65. The maximum absolute atomic E-state index is 13.1. The molecule has 1 amide bonds. The number of methoxy groups -OCH3 is 1. The van der Waals surface area contributed by atoms with E-state index in [9.17, 15) is 14.7 Å². The topological polar surface area (TPSA) is 89.0 Å². The second-order valence-corrected chi connectivity index (χ2v) is 8.00. The zero-order valence-electron chi connectivity index (χ0n) is 17.9. The Morgan fingerprint density at radius 3 is 2.74 bits per heavy atom. The summed E-state index contributed by atoms with van der Waals surface area (Å²) in [5.74, 6) is -1.18. The Bertz CT molecular complexity index is 1040. The van der Waals surface area contributed by atoms with Crippen molar-refractivity contribution in [3.8, 4) is 5.75 Å². The van der Waals surface area contributed by atoms with Crippen LogP contribution in [0.3, 0.4) is 0 Å². The van der Waals surface area contributed by atoms with Crippen molar-refractivity contribution in [2.24, 2.45) is 0 Å². The highest BCUT2D eigenvalue weighted by Gasteiger charge is 2.48. The molecule has 0 radical (unpaired) electrons.